The van der Waals surface area contributed by atoms with Crippen LogP contribution in [0.15, 0.2) is 30.1 Å². The van der Waals surface area contributed by atoms with Crippen molar-refractivity contribution in [1.82, 2.24) is 20.4 Å². The van der Waals surface area contributed by atoms with E-state index in [1.165, 1.54) is 11.1 Å². The smallest absolute Gasteiger partial charge is 0.313 e. The second kappa shape index (κ2) is 11.8. The van der Waals surface area contributed by atoms with Crippen LogP contribution in [0, 0.1) is 5.92 Å². The van der Waals surface area contributed by atoms with E-state index in [1.807, 2.05) is 0 Å². The average Bonchev–Trinajstić information content (AvgIpc) is 3.41. The van der Waals surface area contributed by atoms with Crippen molar-refractivity contribution in [2.45, 2.75) is 58.4 Å². The molecule has 3 heterocycles. The fourth-order valence-electron chi connectivity index (χ4n) is 5.17. The fourth-order valence-corrected chi connectivity index (χ4v) is 5.69. The van der Waals surface area contributed by atoms with Crippen LogP contribution < -0.4 is 15.5 Å². The molecule has 4 atom stereocenters. The number of anilines is 1. The number of carbonyl (C=O) groups is 5. The molecule has 3 aliphatic rings. The minimum absolute atomic E-state index is 0.179. The Labute approximate surface area is 236 Å². The molecular weight excluding hydrogens is 549 g/mol. The molecule has 210 valence electrons. The van der Waals surface area contributed by atoms with Gasteiger partial charge < -0.3 is 25.2 Å². The van der Waals surface area contributed by atoms with Gasteiger partial charge in [-0.25, -0.2) is 0 Å². The van der Waals surface area contributed by atoms with Crippen LogP contribution in [0.1, 0.15) is 40.0 Å². The Morgan fingerprint density at radius 3 is 2.54 bits per heavy atom. The number of benzene rings is 1. The molecule has 2 saturated heterocycles. The topological polar surface area (TPSA) is 128 Å². The summed E-state index contributed by atoms with van der Waals surface area (Å²) in [6.07, 6.45) is 1.71. The van der Waals surface area contributed by atoms with Crippen molar-refractivity contribution in [3.05, 3.63) is 40.1 Å². The number of rotatable bonds is 8. The van der Waals surface area contributed by atoms with Crippen molar-refractivity contribution >= 4 is 58.4 Å². The lowest BCUT2D eigenvalue weighted by atomic mass is 9.92. The van der Waals surface area contributed by atoms with Crippen molar-refractivity contribution in [3.8, 4) is 0 Å². The summed E-state index contributed by atoms with van der Waals surface area (Å²) in [6, 6.07) is 3.25. The summed E-state index contributed by atoms with van der Waals surface area (Å²) in [5.74, 6) is -2.39. The number of amides is 3. The molecule has 1 unspecified atom stereocenters. The number of Topliss-reactive ketones (excluding diaryl/α,β-unsaturated/α-hetero) is 1. The maximum Gasteiger partial charge on any atom is 0.313 e. The van der Waals surface area contributed by atoms with Gasteiger partial charge in [0.25, 0.3) is 11.8 Å². The molecule has 4 rings (SSSR count). The molecule has 39 heavy (non-hydrogen) atoms. The molecule has 0 radical (unpaired) electrons. The Hall–Kier alpha value is -3.31. The third-order valence-electron chi connectivity index (χ3n) is 7.06. The van der Waals surface area contributed by atoms with Crippen molar-refractivity contribution in [2.24, 2.45) is 5.92 Å². The van der Waals surface area contributed by atoms with E-state index in [2.05, 4.69) is 10.6 Å². The van der Waals surface area contributed by atoms with Gasteiger partial charge in [-0.1, -0.05) is 23.2 Å². The molecule has 1 aromatic rings. The number of esters is 1. The first-order valence-electron chi connectivity index (χ1n) is 12.8. The van der Waals surface area contributed by atoms with Crippen LogP contribution in [0.4, 0.5) is 5.69 Å². The van der Waals surface area contributed by atoms with Crippen LogP contribution in [-0.2, 0) is 28.7 Å². The lowest BCUT2D eigenvalue weighted by molar-refractivity contribution is -0.147. The lowest BCUT2D eigenvalue weighted by Crippen LogP contribution is -2.52. The van der Waals surface area contributed by atoms with Crippen LogP contribution >= 0.6 is 23.2 Å². The van der Waals surface area contributed by atoms with Gasteiger partial charge in [0.2, 0.25) is 5.91 Å². The van der Waals surface area contributed by atoms with Crippen LogP contribution in [0.3, 0.4) is 0 Å². The van der Waals surface area contributed by atoms with Gasteiger partial charge in [-0.2, -0.15) is 0 Å². The molecule has 0 aromatic heterocycles. The minimum atomic E-state index is -0.882. The number of ether oxygens (including phenoxy) is 1. The van der Waals surface area contributed by atoms with Gasteiger partial charge in [0.15, 0.2) is 6.29 Å². The number of nitrogens with zero attached hydrogens (tertiary/aromatic N) is 3. The Balaban J connectivity index is 1.38. The van der Waals surface area contributed by atoms with E-state index in [4.69, 9.17) is 27.9 Å². The predicted molar refractivity (Wildman–Crippen MR) is 143 cm³/mol. The van der Waals surface area contributed by atoms with Gasteiger partial charge in [-0.3, -0.25) is 28.9 Å². The summed E-state index contributed by atoms with van der Waals surface area (Å²) < 4.78 is 4.86. The van der Waals surface area contributed by atoms with Crippen LogP contribution in [0.2, 0.25) is 10.0 Å². The molecule has 13 heteroatoms. The Morgan fingerprint density at radius 2 is 1.87 bits per heavy atom. The summed E-state index contributed by atoms with van der Waals surface area (Å²) in [4.78, 5) is 68.4. The molecule has 0 bridgehead atoms. The SMILES string of the molecule is CCOC(=O)CC(=O)[C@@H]1CCCN(C(=O)[C@H](C)NC(=O)C2=CNC3N(c4cc(Cl)cc(Cl)c4)C(=O)[C@H](C)N23)C1. The average molecular weight is 580 g/mol. The standard InChI is InChI=1S/C26H31Cl2N5O6/c1-4-39-22(35)11-21(34)16-6-5-7-31(13-16)24(37)14(2)30-23(36)20-12-29-26-32(20)15(3)25(38)33(26)19-9-17(27)8-18(28)10-19/h8-10,12,14-16,26,29H,4-7,11,13H2,1-3H3,(H,30,36)/t14-,15-,16+,26?/m0/s1. The van der Waals surface area contributed by atoms with Crippen molar-refractivity contribution in [1.29, 1.82) is 0 Å². The zero-order valence-corrected chi connectivity index (χ0v) is 23.4. The van der Waals surface area contributed by atoms with E-state index in [1.54, 1.807) is 48.8 Å². The second-order valence-corrected chi connectivity index (χ2v) is 10.6. The molecule has 0 saturated carbocycles. The van der Waals surface area contributed by atoms with Crippen molar-refractivity contribution < 1.29 is 28.7 Å². The van der Waals surface area contributed by atoms with E-state index in [0.29, 0.717) is 35.1 Å². The molecule has 0 spiro atoms. The van der Waals surface area contributed by atoms with Gasteiger partial charge in [-0.15, -0.1) is 0 Å². The minimum Gasteiger partial charge on any atom is -0.466 e. The largest absolute Gasteiger partial charge is 0.466 e. The molecule has 1 aromatic carbocycles. The first kappa shape index (κ1) is 28.7. The van der Waals surface area contributed by atoms with Crippen LogP contribution in [0.25, 0.3) is 0 Å². The van der Waals surface area contributed by atoms with Gasteiger partial charge in [0.05, 0.1) is 12.3 Å². The highest BCUT2D eigenvalue weighted by Gasteiger charge is 2.49. The van der Waals surface area contributed by atoms with E-state index in [0.717, 1.165) is 0 Å². The summed E-state index contributed by atoms with van der Waals surface area (Å²) in [5, 5.41) is 6.52. The number of piperidine rings is 1. The third kappa shape index (κ3) is 5.99. The fraction of sp³-hybridized carbons (Fsp3) is 0.500. The Kier molecular flexibility index (Phi) is 8.70. The number of fused-ring (bicyclic) bond motifs is 1. The normalized spacial score (nSPS) is 23.1. The van der Waals surface area contributed by atoms with Gasteiger partial charge >= 0.3 is 5.97 Å². The van der Waals surface area contributed by atoms with Crippen molar-refractivity contribution in [2.75, 3.05) is 24.6 Å². The summed E-state index contributed by atoms with van der Waals surface area (Å²) in [6.45, 7) is 5.75. The Bertz CT molecular complexity index is 1200. The first-order valence-corrected chi connectivity index (χ1v) is 13.6. The highest BCUT2D eigenvalue weighted by Crippen LogP contribution is 2.35. The highest BCUT2D eigenvalue weighted by molar-refractivity contribution is 6.35. The molecule has 3 aliphatic heterocycles. The Morgan fingerprint density at radius 1 is 1.18 bits per heavy atom. The number of nitrogens with one attached hydrogen (secondary N) is 2. The number of carbonyl (C=O) groups excluding carboxylic acids is 5. The summed E-state index contributed by atoms with van der Waals surface area (Å²) >= 11 is 12.3. The highest BCUT2D eigenvalue weighted by atomic mass is 35.5. The summed E-state index contributed by atoms with van der Waals surface area (Å²) in [5.41, 5.74) is 0.692. The number of likely N-dealkylation sites (tertiary alicyclic amines) is 1. The molecule has 0 aliphatic carbocycles. The molecular formula is C26H31Cl2N5O6. The van der Waals surface area contributed by atoms with E-state index in [9.17, 15) is 24.0 Å². The number of halogens is 2. The van der Waals surface area contributed by atoms with E-state index in [-0.39, 0.29) is 42.9 Å². The number of hydrogen-bond acceptors (Lipinski definition) is 8. The van der Waals surface area contributed by atoms with Gasteiger partial charge in [0, 0.05) is 35.3 Å². The maximum atomic E-state index is 13.2. The molecule has 2 fully saturated rings. The van der Waals surface area contributed by atoms with E-state index >= 15 is 0 Å². The number of ketones is 1. The van der Waals surface area contributed by atoms with Crippen LogP contribution in [0.5, 0.6) is 0 Å². The van der Waals surface area contributed by atoms with Gasteiger partial charge in [0.1, 0.15) is 30.0 Å². The maximum absolute atomic E-state index is 13.2. The van der Waals surface area contributed by atoms with E-state index < -0.39 is 36.2 Å². The summed E-state index contributed by atoms with van der Waals surface area (Å²) in [7, 11) is 0. The zero-order valence-electron chi connectivity index (χ0n) is 21.9. The predicted octanol–water partition coefficient (Wildman–Crippen LogP) is 2.02. The number of hydrogen-bond donors (Lipinski definition) is 2. The monoisotopic (exact) mass is 579 g/mol. The van der Waals surface area contributed by atoms with Crippen LogP contribution in [-0.4, -0.2) is 77.3 Å². The molecule has 3 amide bonds. The zero-order chi connectivity index (χ0) is 28.4. The molecule has 11 nitrogen and oxygen atoms in total. The van der Waals surface area contributed by atoms with Crippen molar-refractivity contribution in [3.63, 3.8) is 0 Å². The molecule has 2 N–H and O–H groups in total. The third-order valence-corrected chi connectivity index (χ3v) is 7.49. The quantitative estimate of drug-likeness (QED) is 0.353. The lowest BCUT2D eigenvalue weighted by Gasteiger charge is -2.34. The first-order chi connectivity index (χ1) is 18.5. The second-order valence-electron chi connectivity index (χ2n) is 9.76. The van der Waals surface area contributed by atoms with Gasteiger partial charge in [-0.05, 0) is 51.8 Å².